The highest BCUT2D eigenvalue weighted by Gasteiger charge is 2.15. The molecule has 2 rings (SSSR count). The maximum atomic E-state index is 13.3. The van der Waals surface area contributed by atoms with Crippen LogP contribution in [0.2, 0.25) is 0 Å². The van der Waals surface area contributed by atoms with Gasteiger partial charge in [-0.1, -0.05) is 0 Å². The van der Waals surface area contributed by atoms with E-state index in [1.165, 1.54) is 12.1 Å². The summed E-state index contributed by atoms with van der Waals surface area (Å²) in [6.07, 6.45) is 3.69. The first-order valence-electron chi connectivity index (χ1n) is 5.42. The van der Waals surface area contributed by atoms with Crippen LogP contribution in [0.5, 0.6) is 0 Å². The molecule has 0 radical (unpaired) electrons. The third-order valence-electron chi connectivity index (χ3n) is 2.41. The molecule has 0 aliphatic carbocycles. The van der Waals surface area contributed by atoms with Crippen molar-refractivity contribution in [3.8, 4) is 0 Å². The third-order valence-corrected chi connectivity index (χ3v) is 4.51. The summed E-state index contributed by atoms with van der Waals surface area (Å²) in [5.74, 6) is 0.0681. The van der Waals surface area contributed by atoms with Crippen molar-refractivity contribution in [2.45, 2.75) is 11.3 Å². The first-order valence-corrected chi connectivity index (χ1v) is 7.69. The van der Waals surface area contributed by atoms with Crippen LogP contribution < -0.4 is 4.72 Å². The van der Waals surface area contributed by atoms with Gasteiger partial charge in [0.05, 0.1) is 9.37 Å². The number of sulfonamides is 1. The lowest BCUT2D eigenvalue weighted by Crippen LogP contribution is -2.26. The summed E-state index contributed by atoms with van der Waals surface area (Å²) in [6.45, 7) is 0.188. The van der Waals surface area contributed by atoms with Gasteiger partial charge in [-0.15, -0.1) is 0 Å². The number of nitrogens with one attached hydrogen (secondary N) is 2. The molecule has 0 spiro atoms. The van der Waals surface area contributed by atoms with Gasteiger partial charge >= 0.3 is 0 Å². The molecule has 0 fully saturated rings. The lowest BCUT2D eigenvalue weighted by molar-refractivity contribution is 0.576. The molecule has 0 unspecified atom stereocenters. The first kappa shape index (κ1) is 14.2. The Morgan fingerprint density at radius 2 is 2.21 bits per heavy atom. The molecule has 5 nitrogen and oxygen atoms in total. The number of aromatic amines is 1. The smallest absolute Gasteiger partial charge is 0.240 e. The van der Waals surface area contributed by atoms with Crippen LogP contribution in [0.3, 0.4) is 0 Å². The number of imidazole rings is 1. The zero-order valence-electron chi connectivity index (χ0n) is 9.73. The van der Waals surface area contributed by atoms with Crippen molar-refractivity contribution < 1.29 is 12.8 Å². The van der Waals surface area contributed by atoms with Gasteiger partial charge in [0, 0.05) is 25.4 Å². The van der Waals surface area contributed by atoms with Gasteiger partial charge in [-0.25, -0.2) is 22.5 Å². The van der Waals surface area contributed by atoms with Gasteiger partial charge in [0.1, 0.15) is 11.6 Å². The highest BCUT2D eigenvalue weighted by atomic mass is 79.9. The zero-order valence-corrected chi connectivity index (χ0v) is 12.1. The van der Waals surface area contributed by atoms with Gasteiger partial charge in [0.2, 0.25) is 10.0 Å². The van der Waals surface area contributed by atoms with Crippen molar-refractivity contribution in [1.82, 2.24) is 14.7 Å². The molecule has 0 saturated heterocycles. The zero-order chi connectivity index (χ0) is 13.9. The molecular formula is C11H11BrFN3O2S. The SMILES string of the molecule is O=S(=O)(NCCc1ncc[nH]1)c1ccc(Br)c(F)c1. The van der Waals surface area contributed by atoms with Crippen LogP contribution >= 0.6 is 15.9 Å². The van der Waals surface area contributed by atoms with Crippen LogP contribution in [0.15, 0.2) is 40.0 Å². The molecule has 0 bridgehead atoms. The summed E-state index contributed by atoms with van der Waals surface area (Å²) in [4.78, 5) is 6.74. The monoisotopic (exact) mass is 347 g/mol. The van der Waals surface area contributed by atoms with Crippen LogP contribution in [0.4, 0.5) is 4.39 Å². The minimum atomic E-state index is -3.71. The second-order valence-corrected chi connectivity index (χ2v) is 6.38. The number of hydrogen-bond donors (Lipinski definition) is 2. The average Bonchev–Trinajstić information content (AvgIpc) is 2.85. The van der Waals surface area contributed by atoms with Crippen LogP contribution in [0.1, 0.15) is 5.82 Å². The molecule has 102 valence electrons. The van der Waals surface area contributed by atoms with E-state index in [0.29, 0.717) is 12.2 Å². The van der Waals surface area contributed by atoms with Gasteiger partial charge in [0.25, 0.3) is 0 Å². The molecule has 0 aliphatic rings. The predicted octanol–water partition coefficient (Wildman–Crippen LogP) is 1.83. The van der Waals surface area contributed by atoms with E-state index in [9.17, 15) is 12.8 Å². The van der Waals surface area contributed by atoms with E-state index in [1.54, 1.807) is 12.4 Å². The molecule has 0 saturated carbocycles. The minimum absolute atomic E-state index is 0.104. The highest BCUT2D eigenvalue weighted by molar-refractivity contribution is 9.10. The summed E-state index contributed by atoms with van der Waals surface area (Å²) in [5.41, 5.74) is 0. The first-order chi connectivity index (χ1) is 8.99. The van der Waals surface area contributed by atoms with E-state index in [4.69, 9.17) is 0 Å². The molecule has 1 aromatic carbocycles. The highest BCUT2D eigenvalue weighted by Crippen LogP contribution is 2.19. The van der Waals surface area contributed by atoms with Crippen LogP contribution in [-0.4, -0.2) is 24.9 Å². The Labute approximate surface area is 118 Å². The summed E-state index contributed by atoms with van der Waals surface area (Å²) in [6, 6.07) is 3.66. The van der Waals surface area contributed by atoms with Gasteiger partial charge in [-0.3, -0.25) is 0 Å². The molecule has 2 N–H and O–H groups in total. The fourth-order valence-corrected chi connectivity index (χ4v) is 2.76. The minimum Gasteiger partial charge on any atom is -0.349 e. The molecule has 0 amide bonds. The molecule has 0 aliphatic heterocycles. The largest absolute Gasteiger partial charge is 0.349 e. The predicted molar refractivity (Wildman–Crippen MR) is 71.6 cm³/mol. The van der Waals surface area contributed by atoms with Crippen LogP contribution in [-0.2, 0) is 16.4 Å². The summed E-state index contributed by atoms with van der Waals surface area (Å²) < 4.78 is 39.7. The number of benzene rings is 1. The number of aromatic nitrogens is 2. The molecule has 2 aromatic rings. The summed E-state index contributed by atoms with van der Waals surface area (Å²) in [7, 11) is -3.71. The number of hydrogen-bond acceptors (Lipinski definition) is 3. The molecule has 0 atom stereocenters. The topological polar surface area (TPSA) is 74.8 Å². The van der Waals surface area contributed by atoms with E-state index >= 15 is 0 Å². The van der Waals surface area contributed by atoms with E-state index in [0.717, 1.165) is 6.07 Å². The Kier molecular flexibility index (Phi) is 4.33. The van der Waals surface area contributed by atoms with E-state index in [1.807, 2.05) is 0 Å². The molecule has 8 heteroatoms. The third kappa shape index (κ3) is 3.62. The molecule has 1 heterocycles. The average molecular weight is 348 g/mol. The van der Waals surface area contributed by atoms with Gasteiger partial charge in [-0.2, -0.15) is 0 Å². The molecule has 19 heavy (non-hydrogen) atoms. The Bertz CT molecular complexity index is 659. The van der Waals surface area contributed by atoms with Crippen molar-refractivity contribution in [2.24, 2.45) is 0 Å². The normalized spacial score (nSPS) is 11.7. The second kappa shape index (κ2) is 5.81. The molecule has 1 aromatic heterocycles. The quantitative estimate of drug-likeness (QED) is 0.866. The van der Waals surface area contributed by atoms with Crippen molar-refractivity contribution in [1.29, 1.82) is 0 Å². The van der Waals surface area contributed by atoms with Crippen LogP contribution in [0, 0.1) is 5.82 Å². The maximum absolute atomic E-state index is 13.3. The van der Waals surface area contributed by atoms with Gasteiger partial charge in [0.15, 0.2) is 0 Å². The Morgan fingerprint density at radius 1 is 1.42 bits per heavy atom. The molecular weight excluding hydrogens is 337 g/mol. The number of H-pyrrole nitrogens is 1. The summed E-state index contributed by atoms with van der Waals surface area (Å²) in [5, 5.41) is 0. The van der Waals surface area contributed by atoms with Crippen molar-refractivity contribution >= 4 is 26.0 Å². The van der Waals surface area contributed by atoms with E-state index < -0.39 is 15.8 Å². The van der Waals surface area contributed by atoms with Crippen molar-refractivity contribution in [3.63, 3.8) is 0 Å². The Morgan fingerprint density at radius 3 is 2.84 bits per heavy atom. The number of halogens is 2. The maximum Gasteiger partial charge on any atom is 0.240 e. The van der Waals surface area contributed by atoms with Gasteiger partial charge in [-0.05, 0) is 34.1 Å². The lowest BCUT2D eigenvalue weighted by Gasteiger charge is -2.06. The Hall–Kier alpha value is -1.25. The Balaban J connectivity index is 2.03. The van der Waals surface area contributed by atoms with Gasteiger partial charge < -0.3 is 4.98 Å². The van der Waals surface area contributed by atoms with Crippen molar-refractivity contribution in [2.75, 3.05) is 6.54 Å². The fourth-order valence-electron chi connectivity index (χ4n) is 1.47. The summed E-state index contributed by atoms with van der Waals surface area (Å²) >= 11 is 2.97. The standard InChI is InChI=1S/C11H11BrFN3O2S/c12-9-2-1-8(7-10(9)13)19(17,18)16-4-3-11-14-5-6-15-11/h1-2,5-7,16H,3-4H2,(H,14,15). The van der Waals surface area contributed by atoms with Crippen molar-refractivity contribution in [3.05, 3.63) is 46.7 Å². The lowest BCUT2D eigenvalue weighted by atomic mass is 10.3. The second-order valence-electron chi connectivity index (χ2n) is 3.76. The number of nitrogens with zero attached hydrogens (tertiary/aromatic N) is 1. The fraction of sp³-hybridized carbons (Fsp3) is 0.182. The number of rotatable bonds is 5. The van der Waals surface area contributed by atoms with E-state index in [-0.39, 0.29) is 15.9 Å². The van der Waals surface area contributed by atoms with E-state index in [2.05, 4.69) is 30.6 Å². The van der Waals surface area contributed by atoms with Crippen LogP contribution in [0.25, 0.3) is 0 Å².